The summed E-state index contributed by atoms with van der Waals surface area (Å²) in [5, 5.41) is 14.4. The van der Waals surface area contributed by atoms with Gasteiger partial charge in [0.2, 0.25) is 10.0 Å². The second-order valence-electron chi connectivity index (χ2n) is 6.98. The molecule has 2 aromatic rings. The molecule has 0 aliphatic heterocycles. The summed E-state index contributed by atoms with van der Waals surface area (Å²) in [4.78, 5) is 10.7. The van der Waals surface area contributed by atoms with E-state index < -0.39 is 20.5 Å². The normalized spacial score (nSPS) is 11.8. The summed E-state index contributed by atoms with van der Waals surface area (Å²) in [6, 6.07) is 8.61. The van der Waals surface area contributed by atoms with Crippen LogP contribution in [-0.2, 0) is 10.0 Å². The molecule has 0 aliphatic rings. The number of anilines is 2. The van der Waals surface area contributed by atoms with E-state index >= 15 is 0 Å². The third-order valence-corrected chi connectivity index (χ3v) is 5.35. The monoisotopic (exact) mass is 409 g/mol. The van der Waals surface area contributed by atoms with Gasteiger partial charge in [0.25, 0.3) is 5.69 Å². The van der Waals surface area contributed by atoms with Crippen LogP contribution in [0.4, 0.5) is 17.1 Å². The molecule has 0 amide bonds. The molecule has 0 bridgehead atoms. The fourth-order valence-corrected chi connectivity index (χ4v) is 3.88. The minimum absolute atomic E-state index is 0.128. The number of nitrogens with one attached hydrogen (secondary N) is 2. The van der Waals surface area contributed by atoms with Crippen molar-refractivity contribution in [3.05, 3.63) is 46.5 Å². The molecule has 0 spiro atoms. The summed E-state index contributed by atoms with van der Waals surface area (Å²) in [6.07, 6.45) is 0. The maximum atomic E-state index is 12.5. The van der Waals surface area contributed by atoms with Crippen molar-refractivity contribution in [3.8, 4) is 11.5 Å². The molecule has 0 radical (unpaired) electrons. The molecule has 0 unspecified atom stereocenters. The largest absolute Gasteiger partial charge is 0.497 e. The van der Waals surface area contributed by atoms with Gasteiger partial charge in [-0.2, -0.15) is 0 Å². The summed E-state index contributed by atoms with van der Waals surface area (Å²) in [5.41, 5.74) is -0.506. The number of nitro benzene ring substituents is 1. The average molecular weight is 409 g/mol. The SMILES string of the molecule is COc1ccc(Nc2ccc(S(=O)(=O)NC(C)(C)C)cc2[N+](=O)[O-])c(OC)c1. The number of hydrogen-bond acceptors (Lipinski definition) is 7. The van der Waals surface area contributed by atoms with Crippen LogP contribution < -0.4 is 19.5 Å². The van der Waals surface area contributed by atoms with Crippen molar-refractivity contribution in [2.75, 3.05) is 19.5 Å². The number of rotatable bonds is 7. The van der Waals surface area contributed by atoms with Crippen molar-refractivity contribution < 1.29 is 22.8 Å². The van der Waals surface area contributed by atoms with Gasteiger partial charge in [0.05, 0.1) is 29.7 Å². The highest BCUT2D eigenvalue weighted by atomic mass is 32.2. The van der Waals surface area contributed by atoms with Crippen LogP contribution in [-0.4, -0.2) is 33.1 Å². The minimum atomic E-state index is -3.91. The van der Waals surface area contributed by atoms with E-state index in [4.69, 9.17) is 9.47 Å². The van der Waals surface area contributed by atoms with Crippen molar-refractivity contribution in [2.24, 2.45) is 0 Å². The maximum Gasteiger partial charge on any atom is 0.294 e. The Morgan fingerprint density at radius 1 is 1.00 bits per heavy atom. The molecule has 2 rings (SSSR count). The molecular weight excluding hydrogens is 386 g/mol. The molecule has 28 heavy (non-hydrogen) atoms. The van der Waals surface area contributed by atoms with E-state index in [2.05, 4.69) is 10.0 Å². The van der Waals surface area contributed by atoms with Gasteiger partial charge >= 0.3 is 0 Å². The van der Waals surface area contributed by atoms with Gasteiger partial charge in [0.15, 0.2) is 0 Å². The molecule has 152 valence electrons. The smallest absolute Gasteiger partial charge is 0.294 e. The predicted molar refractivity (Wildman–Crippen MR) is 106 cm³/mol. The average Bonchev–Trinajstić information content (AvgIpc) is 2.60. The summed E-state index contributed by atoms with van der Waals surface area (Å²) in [7, 11) is -0.937. The molecule has 0 fully saturated rings. The summed E-state index contributed by atoms with van der Waals surface area (Å²) in [5.74, 6) is 0.978. The Morgan fingerprint density at radius 3 is 2.18 bits per heavy atom. The number of ether oxygens (including phenoxy) is 2. The lowest BCUT2D eigenvalue weighted by atomic mass is 10.1. The molecule has 10 heteroatoms. The quantitative estimate of drug-likeness (QED) is 0.531. The Labute approximate surface area is 163 Å². The van der Waals surface area contributed by atoms with Gasteiger partial charge in [-0.3, -0.25) is 10.1 Å². The highest BCUT2D eigenvalue weighted by Crippen LogP contribution is 2.35. The molecule has 9 nitrogen and oxygen atoms in total. The molecule has 0 saturated heterocycles. The maximum absolute atomic E-state index is 12.5. The first kappa shape index (κ1) is 21.5. The first-order chi connectivity index (χ1) is 13.0. The van der Waals surface area contributed by atoms with Crippen LogP contribution in [0.25, 0.3) is 0 Å². The lowest BCUT2D eigenvalue weighted by Gasteiger charge is -2.20. The van der Waals surface area contributed by atoms with Crippen LogP contribution in [0.1, 0.15) is 20.8 Å². The molecule has 2 aromatic carbocycles. The summed E-state index contributed by atoms with van der Waals surface area (Å²) >= 11 is 0. The van der Waals surface area contributed by atoms with E-state index in [9.17, 15) is 18.5 Å². The van der Waals surface area contributed by atoms with Gasteiger partial charge in [-0.25, -0.2) is 13.1 Å². The van der Waals surface area contributed by atoms with Gasteiger partial charge in [-0.1, -0.05) is 0 Å². The molecular formula is C18H23N3O6S. The van der Waals surface area contributed by atoms with Crippen LogP contribution in [0.2, 0.25) is 0 Å². The lowest BCUT2D eigenvalue weighted by molar-refractivity contribution is -0.384. The Bertz CT molecular complexity index is 983. The third-order valence-electron chi connectivity index (χ3n) is 3.59. The van der Waals surface area contributed by atoms with Crippen molar-refractivity contribution in [2.45, 2.75) is 31.2 Å². The number of benzene rings is 2. The van der Waals surface area contributed by atoms with Crippen molar-refractivity contribution in [3.63, 3.8) is 0 Å². The van der Waals surface area contributed by atoms with E-state index in [1.807, 2.05) is 0 Å². The molecule has 0 heterocycles. The van der Waals surface area contributed by atoms with Gasteiger partial charge in [0, 0.05) is 17.7 Å². The lowest BCUT2D eigenvalue weighted by Crippen LogP contribution is -2.40. The number of nitrogens with zero attached hydrogens (tertiary/aromatic N) is 1. The highest BCUT2D eigenvalue weighted by Gasteiger charge is 2.25. The Kier molecular flexibility index (Phi) is 6.15. The van der Waals surface area contributed by atoms with Crippen LogP contribution >= 0.6 is 0 Å². The molecule has 0 atom stereocenters. The predicted octanol–water partition coefficient (Wildman–Crippen LogP) is 3.43. The van der Waals surface area contributed by atoms with Gasteiger partial charge in [-0.05, 0) is 45.0 Å². The van der Waals surface area contributed by atoms with Crippen LogP contribution in [0, 0.1) is 10.1 Å². The standard InChI is InChI=1S/C18H23N3O6S/c1-18(2,3)20-28(24,25)13-7-9-14(16(11-13)21(22)23)19-15-8-6-12(26-4)10-17(15)27-5/h6-11,19-20H,1-5H3. The van der Waals surface area contributed by atoms with Gasteiger partial charge in [0.1, 0.15) is 17.2 Å². The second kappa shape index (κ2) is 8.03. The fourth-order valence-electron chi connectivity index (χ4n) is 2.44. The number of sulfonamides is 1. The van der Waals surface area contributed by atoms with E-state index in [1.54, 1.807) is 39.0 Å². The van der Waals surface area contributed by atoms with Crippen LogP contribution in [0.15, 0.2) is 41.3 Å². The van der Waals surface area contributed by atoms with Crippen molar-refractivity contribution in [1.82, 2.24) is 4.72 Å². The second-order valence-corrected chi connectivity index (χ2v) is 8.67. The summed E-state index contributed by atoms with van der Waals surface area (Å²) in [6.45, 7) is 5.06. The van der Waals surface area contributed by atoms with Crippen molar-refractivity contribution in [1.29, 1.82) is 0 Å². The third kappa shape index (κ3) is 5.11. The number of hydrogen-bond donors (Lipinski definition) is 2. The molecule has 0 saturated carbocycles. The van der Waals surface area contributed by atoms with E-state index in [1.165, 1.54) is 26.4 Å². The first-order valence-corrected chi connectivity index (χ1v) is 9.76. The summed E-state index contributed by atoms with van der Waals surface area (Å²) < 4.78 is 37.8. The van der Waals surface area contributed by atoms with Crippen molar-refractivity contribution >= 4 is 27.1 Å². The van der Waals surface area contributed by atoms with Crippen LogP contribution in [0.5, 0.6) is 11.5 Å². The van der Waals surface area contributed by atoms with E-state index in [0.717, 1.165) is 6.07 Å². The highest BCUT2D eigenvalue weighted by molar-refractivity contribution is 7.89. The number of methoxy groups -OCH3 is 2. The van der Waals surface area contributed by atoms with E-state index in [-0.39, 0.29) is 16.3 Å². The molecule has 0 aromatic heterocycles. The zero-order valence-corrected chi connectivity index (χ0v) is 17.1. The van der Waals surface area contributed by atoms with Gasteiger partial charge < -0.3 is 14.8 Å². The molecule has 2 N–H and O–H groups in total. The Balaban J connectivity index is 2.46. The van der Waals surface area contributed by atoms with Crippen LogP contribution in [0.3, 0.4) is 0 Å². The molecule has 0 aliphatic carbocycles. The zero-order valence-electron chi connectivity index (χ0n) is 16.3. The number of nitro groups is 1. The minimum Gasteiger partial charge on any atom is -0.497 e. The first-order valence-electron chi connectivity index (χ1n) is 8.28. The topological polar surface area (TPSA) is 120 Å². The van der Waals surface area contributed by atoms with Gasteiger partial charge in [-0.15, -0.1) is 0 Å². The van der Waals surface area contributed by atoms with E-state index in [0.29, 0.717) is 17.2 Å². The Hall–Kier alpha value is -2.85. The Morgan fingerprint density at radius 2 is 1.64 bits per heavy atom. The zero-order chi connectivity index (χ0) is 21.1. The fraction of sp³-hybridized carbons (Fsp3) is 0.333.